The Kier molecular flexibility index (Phi) is 3.76. The maximum absolute atomic E-state index is 10.4. The van der Waals surface area contributed by atoms with Crippen molar-refractivity contribution in [2.45, 2.75) is 32.9 Å². The third-order valence-corrected chi connectivity index (χ3v) is 3.69. The lowest BCUT2D eigenvalue weighted by Gasteiger charge is -2.13. The maximum Gasteiger partial charge on any atom is 0.0959 e. The lowest BCUT2D eigenvalue weighted by Crippen LogP contribution is -2.18. The number of hydrogen-bond donors (Lipinski definition) is 1. The van der Waals surface area contributed by atoms with Crippen LogP contribution in [-0.4, -0.2) is 20.8 Å². The van der Waals surface area contributed by atoms with E-state index in [1.165, 1.54) is 16.7 Å². The summed E-state index contributed by atoms with van der Waals surface area (Å²) >= 11 is 0. The van der Waals surface area contributed by atoms with Gasteiger partial charge in [0.25, 0.3) is 0 Å². The van der Waals surface area contributed by atoms with Crippen molar-refractivity contribution in [3.8, 4) is 0 Å². The van der Waals surface area contributed by atoms with Crippen molar-refractivity contribution in [2.75, 3.05) is 0 Å². The van der Waals surface area contributed by atoms with E-state index in [0.717, 1.165) is 11.0 Å². The summed E-state index contributed by atoms with van der Waals surface area (Å²) in [6.07, 6.45) is 2.05. The van der Waals surface area contributed by atoms with Crippen LogP contribution in [0.5, 0.6) is 0 Å². The highest BCUT2D eigenvalue weighted by Gasteiger charge is 2.10. The van der Waals surface area contributed by atoms with Crippen molar-refractivity contribution >= 4 is 11.0 Å². The predicted octanol–water partition coefficient (Wildman–Crippen LogP) is 3.26. The van der Waals surface area contributed by atoms with Crippen LogP contribution in [-0.2, 0) is 13.0 Å². The van der Waals surface area contributed by atoms with Crippen LogP contribution in [0.15, 0.2) is 48.8 Å². The number of aryl methyl sites for hydroxylation is 2. The zero-order valence-corrected chi connectivity index (χ0v) is 12.5. The molecule has 108 valence electrons. The normalized spacial score (nSPS) is 12.7. The van der Waals surface area contributed by atoms with Crippen LogP contribution >= 0.6 is 0 Å². The Bertz CT molecular complexity index is 741. The molecule has 1 N–H and O–H groups in total. The van der Waals surface area contributed by atoms with Gasteiger partial charge in [0.15, 0.2) is 0 Å². The number of aromatic nitrogens is 2. The van der Waals surface area contributed by atoms with Crippen LogP contribution in [0.1, 0.15) is 16.7 Å². The van der Waals surface area contributed by atoms with Crippen molar-refractivity contribution in [3.63, 3.8) is 0 Å². The van der Waals surface area contributed by atoms with E-state index >= 15 is 0 Å². The molecule has 0 radical (unpaired) electrons. The largest absolute Gasteiger partial charge is 0.391 e. The number of benzene rings is 2. The molecule has 0 spiro atoms. The van der Waals surface area contributed by atoms with Crippen molar-refractivity contribution in [1.82, 2.24) is 9.55 Å². The fraction of sp³-hybridized carbons (Fsp3) is 0.278. The van der Waals surface area contributed by atoms with Gasteiger partial charge in [-0.3, -0.25) is 0 Å². The Balaban J connectivity index is 1.75. The first-order valence-electron chi connectivity index (χ1n) is 7.27. The molecule has 0 saturated carbocycles. The summed E-state index contributed by atoms with van der Waals surface area (Å²) in [6, 6.07) is 14.4. The van der Waals surface area contributed by atoms with E-state index in [2.05, 4.69) is 37.0 Å². The van der Waals surface area contributed by atoms with Crippen LogP contribution in [0.4, 0.5) is 0 Å². The molecule has 0 fully saturated rings. The molecule has 0 saturated heterocycles. The van der Waals surface area contributed by atoms with Crippen LogP contribution in [0.3, 0.4) is 0 Å². The number of imidazole rings is 1. The molecule has 2 aromatic carbocycles. The molecule has 1 atom stereocenters. The molecule has 3 heteroatoms. The fourth-order valence-electron chi connectivity index (χ4n) is 2.91. The Morgan fingerprint density at radius 1 is 1.10 bits per heavy atom. The Labute approximate surface area is 124 Å². The summed E-state index contributed by atoms with van der Waals surface area (Å²) in [5.74, 6) is 0. The average Bonchev–Trinajstić information content (AvgIpc) is 2.81. The highest BCUT2D eigenvalue weighted by molar-refractivity contribution is 5.74. The van der Waals surface area contributed by atoms with Crippen molar-refractivity contribution in [1.29, 1.82) is 0 Å². The molecule has 0 bridgehead atoms. The second kappa shape index (κ2) is 5.70. The highest BCUT2D eigenvalue weighted by Crippen LogP contribution is 2.15. The number of hydrogen-bond acceptors (Lipinski definition) is 2. The summed E-state index contributed by atoms with van der Waals surface area (Å²) in [4.78, 5) is 4.36. The fourth-order valence-corrected chi connectivity index (χ4v) is 2.91. The van der Waals surface area contributed by atoms with Crippen LogP contribution in [0.25, 0.3) is 11.0 Å². The zero-order valence-electron chi connectivity index (χ0n) is 12.5. The number of nitrogens with zero attached hydrogens (tertiary/aromatic N) is 2. The standard InChI is InChI=1S/C18H20N2O/c1-13-7-14(2)9-15(8-13)10-16(21)11-20-12-19-17-5-3-4-6-18(17)20/h3-9,12,16,21H,10-11H2,1-2H3. The summed E-state index contributed by atoms with van der Waals surface area (Å²) < 4.78 is 2.02. The minimum atomic E-state index is -0.413. The zero-order chi connectivity index (χ0) is 14.8. The van der Waals surface area contributed by atoms with Crippen molar-refractivity contribution in [2.24, 2.45) is 0 Å². The van der Waals surface area contributed by atoms with Gasteiger partial charge in [0.1, 0.15) is 0 Å². The Hall–Kier alpha value is -2.13. The van der Waals surface area contributed by atoms with Gasteiger partial charge in [-0.05, 0) is 31.5 Å². The van der Waals surface area contributed by atoms with Crippen molar-refractivity contribution < 1.29 is 5.11 Å². The lowest BCUT2D eigenvalue weighted by molar-refractivity contribution is 0.155. The SMILES string of the molecule is Cc1cc(C)cc(CC(O)Cn2cnc3ccccc32)c1. The molecule has 0 aliphatic rings. The summed E-state index contributed by atoms with van der Waals surface area (Å²) in [5, 5.41) is 10.4. The molecule has 1 unspecified atom stereocenters. The maximum atomic E-state index is 10.4. The van der Waals surface area contributed by atoms with E-state index in [1.807, 2.05) is 28.8 Å². The number of aliphatic hydroxyl groups is 1. The molecule has 21 heavy (non-hydrogen) atoms. The molecule has 1 aromatic heterocycles. The first kappa shape index (κ1) is 13.8. The van der Waals surface area contributed by atoms with E-state index in [0.29, 0.717) is 13.0 Å². The quantitative estimate of drug-likeness (QED) is 0.796. The van der Waals surface area contributed by atoms with Gasteiger partial charge < -0.3 is 9.67 Å². The number of aliphatic hydroxyl groups excluding tert-OH is 1. The molecular weight excluding hydrogens is 260 g/mol. The molecule has 3 aromatic rings. The molecule has 3 rings (SSSR count). The van der Waals surface area contributed by atoms with Gasteiger partial charge in [0, 0.05) is 6.42 Å². The Morgan fingerprint density at radius 2 is 1.81 bits per heavy atom. The van der Waals surface area contributed by atoms with Gasteiger partial charge in [0.2, 0.25) is 0 Å². The smallest absolute Gasteiger partial charge is 0.0959 e. The Morgan fingerprint density at radius 3 is 2.57 bits per heavy atom. The topological polar surface area (TPSA) is 38.0 Å². The van der Waals surface area contributed by atoms with Gasteiger partial charge in [0.05, 0.1) is 30.0 Å². The summed E-state index contributed by atoms with van der Waals surface area (Å²) in [5.41, 5.74) is 5.70. The van der Waals surface area contributed by atoms with Crippen molar-refractivity contribution in [3.05, 3.63) is 65.5 Å². The number of fused-ring (bicyclic) bond motifs is 1. The second-order valence-electron chi connectivity index (χ2n) is 5.74. The van der Waals surface area contributed by atoms with Gasteiger partial charge in [-0.2, -0.15) is 0 Å². The molecule has 1 heterocycles. The first-order chi connectivity index (χ1) is 10.1. The third kappa shape index (κ3) is 3.14. The predicted molar refractivity (Wildman–Crippen MR) is 85.4 cm³/mol. The molecule has 3 nitrogen and oxygen atoms in total. The van der Waals surface area contributed by atoms with E-state index in [9.17, 15) is 5.11 Å². The van der Waals surface area contributed by atoms with Crippen LogP contribution in [0, 0.1) is 13.8 Å². The summed E-state index contributed by atoms with van der Waals surface area (Å²) in [6.45, 7) is 4.74. The third-order valence-electron chi connectivity index (χ3n) is 3.69. The highest BCUT2D eigenvalue weighted by atomic mass is 16.3. The first-order valence-corrected chi connectivity index (χ1v) is 7.27. The van der Waals surface area contributed by atoms with E-state index in [4.69, 9.17) is 0 Å². The van der Waals surface area contributed by atoms with Crippen LogP contribution in [0.2, 0.25) is 0 Å². The van der Waals surface area contributed by atoms with E-state index in [-0.39, 0.29) is 0 Å². The van der Waals surface area contributed by atoms with Gasteiger partial charge in [-0.25, -0.2) is 4.98 Å². The minimum Gasteiger partial charge on any atom is -0.391 e. The summed E-state index contributed by atoms with van der Waals surface area (Å²) in [7, 11) is 0. The monoisotopic (exact) mass is 280 g/mol. The molecular formula is C18H20N2O. The van der Waals surface area contributed by atoms with Crippen LogP contribution < -0.4 is 0 Å². The molecule has 0 aliphatic carbocycles. The minimum absolute atomic E-state index is 0.413. The molecule has 0 aliphatic heterocycles. The second-order valence-corrected chi connectivity index (χ2v) is 5.74. The molecule has 0 amide bonds. The van der Waals surface area contributed by atoms with Gasteiger partial charge >= 0.3 is 0 Å². The van der Waals surface area contributed by atoms with Gasteiger partial charge in [-0.1, -0.05) is 41.5 Å². The average molecular weight is 280 g/mol. The van der Waals surface area contributed by atoms with Gasteiger partial charge in [-0.15, -0.1) is 0 Å². The lowest BCUT2D eigenvalue weighted by atomic mass is 10.0. The van der Waals surface area contributed by atoms with E-state index in [1.54, 1.807) is 6.33 Å². The van der Waals surface area contributed by atoms with E-state index < -0.39 is 6.10 Å². The number of rotatable bonds is 4. The number of para-hydroxylation sites is 2.